The van der Waals surface area contributed by atoms with Gasteiger partial charge in [-0.1, -0.05) is 24.3 Å². The Bertz CT molecular complexity index is 1360. The van der Waals surface area contributed by atoms with Crippen LogP contribution in [0.3, 0.4) is 0 Å². The van der Waals surface area contributed by atoms with E-state index in [0.717, 1.165) is 28.3 Å². The number of carbonyl (C=O) groups is 1. The number of para-hydroxylation sites is 1. The highest BCUT2D eigenvalue weighted by Gasteiger charge is 2.41. The molecule has 5 rings (SSSR count). The zero-order chi connectivity index (χ0) is 25.1. The number of aromatic nitrogens is 2. The van der Waals surface area contributed by atoms with Crippen molar-refractivity contribution >= 4 is 34.6 Å². The van der Waals surface area contributed by atoms with Crippen LogP contribution in [0.4, 0.5) is 11.4 Å². The number of carbonyl (C=O) groups excluding carboxylic acids is 1. The molecule has 0 aliphatic carbocycles. The van der Waals surface area contributed by atoms with Crippen molar-refractivity contribution in [3.8, 4) is 5.75 Å². The number of aromatic amines is 1. The minimum absolute atomic E-state index is 0.0636. The molecule has 3 heterocycles. The van der Waals surface area contributed by atoms with Crippen LogP contribution in [0.15, 0.2) is 85.1 Å². The zero-order valence-corrected chi connectivity index (χ0v) is 20.9. The molecule has 0 spiro atoms. The van der Waals surface area contributed by atoms with Gasteiger partial charge >= 0.3 is 0 Å². The van der Waals surface area contributed by atoms with Gasteiger partial charge in [0.2, 0.25) is 0 Å². The number of H-pyrrole nitrogens is 1. The molecule has 1 aliphatic heterocycles. The highest BCUT2D eigenvalue weighted by atomic mass is 32.1. The van der Waals surface area contributed by atoms with Crippen LogP contribution in [0.25, 0.3) is 0 Å². The Kier molecular flexibility index (Phi) is 6.69. The second-order valence-electron chi connectivity index (χ2n) is 8.73. The van der Waals surface area contributed by atoms with Crippen molar-refractivity contribution in [3.63, 3.8) is 0 Å². The molecule has 1 saturated heterocycles. The fraction of sp³-hybridized carbons (Fsp3) is 0.179. The Hall–Kier alpha value is -4.17. The number of aryl methyl sites for hydroxylation is 2. The van der Waals surface area contributed by atoms with Crippen molar-refractivity contribution in [2.24, 2.45) is 0 Å². The number of hydrogen-bond acceptors (Lipinski definition) is 4. The number of benzene rings is 2. The maximum atomic E-state index is 12.4. The number of hydrogen-bond donors (Lipinski definition) is 3. The predicted molar refractivity (Wildman–Crippen MR) is 145 cm³/mol. The standard InChI is InChI=1S/C28H27N5O2S/c1-18-16-23(19(2)30-18)27-26(24-10-6-7-15-29-24)32-28(36)33(27)21-13-11-20(12-14-21)31-25(34)17-35-22-8-4-3-5-9-22/h3-16,26-27,30H,17H2,1-2H3,(H,31,34)(H,32,36)/t26-,27+/m0/s1. The van der Waals surface area contributed by atoms with Crippen LogP contribution in [-0.4, -0.2) is 27.6 Å². The normalized spacial score (nSPS) is 17.1. The summed E-state index contributed by atoms with van der Waals surface area (Å²) in [6, 6.07) is 24.8. The van der Waals surface area contributed by atoms with Gasteiger partial charge in [-0.2, -0.15) is 0 Å². The fourth-order valence-electron chi connectivity index (χ4n) is 4.57. The van der Waals surface area contributed by atoms with Crippen molar-refractivity contribution in [1.82, 2.24) is 15.3 Å². The molecule has 1 aliphatic rings. The second-order valence-corrected chi connectivity index (χ2v) is 9.11. The van der Waals surface area contributed by atoms with Gasteiger partial charge in [0, 0.05) is 29.0 Å². The second kappa shape index (κ2) is 10.2. The van der Waals surface area contributed by atoms with Gasteiger partial charge in [0.15, 0.2) is 11.7 Å². The first-order valence-electron chi connectivity index (χ1n) is 11.7. The van der Waals surface area contributed by atoms with Crippen LogP contribution in [0.5, 0.6) is 5.75 Å². The van der Waals surface area contributed by atoms with E-state index in [9.17, 15) is 4.79 Å². The maximum absolute atomic E-state index is 12.4. The maximum Gasteiger partial charge on any atom is 0.262 e. The first-order chi connectivity index (χ1) is 17.5. The summed E-state index contributed by atoms with van der Waals surface area (Å²) in [6.07, 6.45) is 1.80. The summed E-state index contributed by atoms with van der Waals surface area (Å²) >= 11 is 5.80. The number of amides is 1. The topological polar surface area (TPSA) is 82.3 Å². The average molecular weight is 498 g/mol. The molecule has 1 fully saturated rings. The van der Waals surface area contributed by atoms with Gasteiger partial charge in [0.05, 0.1) is 17.8 Å². The van der Waals surface area contributed by atoms with Gasteiger partial charge in [0.1, 0.15) is 5.75 Å². The van der Waals surface area contributed by atoms with Gasteiger partial charge in [-0.15, -0.1) is 0 Å². The molecule has 4 aromatic rings. The van der Waals surface area contributed by atoms with E-state index in [2.05, 4.69) is 45.4 Å². The Labute approximate surface area is 215 Å². The minimum atomic E-state index is -0.225. The van der Waals surface area contributed by atoms with E-state index in [0.29, 0.717) is 16.5 Å². The summed E-state index contributed by atoms with van der Waals surface area (Å²) in [4.78, 5) is 22.5. The third kappa shape index (κ3) is 4.94. The highest BCUT2D eigenvalue weighted by Crippen LogP contribution is 2.42. The molecule has 2 aromatic carbocycles. The van der Waals surface area contributed by atoms with Crippen molar-refractivity contribution < 1.29 is 9.53 Å². The Balaban J connectivity index is 1.36. The first-order valence-corrected chi connectivity index (χ1v) is 12.1. The van der Waals surface area contributed by atoms with E-state index in [-0.39, 0.29) is 24.6 Å². The van der Waals surface area contributed by atoms with Gasteiger partial charge in [-0.05, 0) is 86.2 Å². The first kappa shape index (κ1) is 23.6. The predicted octanol–water partition coefficient (Wildman–Crippen LogP) is 5.22. The van der Waals surface area contributed by atoms with Gasteiger partial charge in [0.25, 0.3) is 5.91 Å². The lowest BCUT2D eigenvalue weighted by Gasteiger charge is -2.28. The van der Waals surface area contributed by atoms with E-state index in [1.807, 2.05) is 72.8 Å². The summed E-state index contributed by atoms with van der Waals surface area (Å²) in [5.74, 6) is 0.429. The Morgan fingerprint density at radius 1 is 1.06 bits per heavy atom. The largest absolute Gasteiger partial charge is 0.484 e. The molecule has 3 N–H and O–H groups in total. The summed E-state index contributed by atoms with van der Waals surface area (Å²) < 4.78 is 5.53. The third-order valence-corrected chi connectivity index (χ3v) is 6.46. The van der Waals surface area contributed by atoms with Crippen molar-refractivity contribution in [1.29, 1.82) is 0 Å². The zero-order valence-electron chi connectivity index (χ0n) is 20.1. The summed E-state index contributed by atoms with van der Waals surface area (Å²) in [6.45, 7) is 4.07. The van der Waals surface area contributed by atoms with Crippen molar-refractivity contribution in [3.05, 3.63) is 108 Å². The Morgan fingerprint density at radius 3 is 2.47 bits per heavy atom. The van der Waals surface area contributed by atoms with Crippen LogP contribution in [0.1, 0.15) is 34.7 Å². The molecule has 0 unspecified atom stereocenters. The molecule has 7 nitrogen and oxygen atoms in total. The molecule has 2 atom stereocenters. The van der Waals surface area contributed by atoms with E-state index < -0.39 is 0 Å². The molecule has 36 heavy (non-hydrogen) atoms. The van der Waals surface area contributed by atoms with Crippen LogP contribution < -0.4 is 20.3 Å². The SMILES string of the molecule is Cc1cc([C@@H]2[C@H](c3ccccn3)NC(=S)N2c2ccc(NC(=O)COc3ccccc3)cc2)c(C)[nH]1. The quantitative estimate of drug-likeness (QED) is 0.304. The lowest BCUT2D eigenvalue weighted by Crippen LogP contribution is -2.29. The minimum Gasteiger partial charge on any atom is -0.484 e. The molecule has 0 radical (unpaired) electrons. The smallest absolute Gasteiger partial charge is 0.262 e. The summed E-state index contributed by atoms with van der Waals surface area (Å²) in [5.41, 5.74) is 5.88. The average Bonchev–Trinajstić information content (AvgIpc) is 3.41. The number of rotatable bonds is 7. The molecule has 2 aromatic heterocycles. The van der Waals surface area contributed by atoms with E-state index in [1.165, 1.54) is 0 Å². The van der Waals surface area contributed by atoms with E-state index in [4.69, 9.17) is 17.0 Å². The number of anilines is 2. The number of nitrogens with one attached hydrogen (secondary N) is 3. The van der Waals surface area contributed by atoms with Gasteiger partial charge in [-0.3, -0.25) is 9.78 Å². The van der Waals surface area contributed by atoms with Crippen LogP contribution >= 0.6 is 12.2 Å². The van der Waals surface area contributed by atoms with E-state index in [1.54, 1.807) is 6.20 Å². The number of pyridine rings is 1. The van der Waals surface area contributed by atoms with Crippen LogP contribution in [-0.2, 0) is 4.79 Å². The molecular weight excluding hydrogens is 470 g/mol. The number of thiocarbonyl (C=S) groups is 1. The number of ether oxygens (including phenoxy) is 1. The number of nitrogens with zero attached hydrogens (tertiary/aromatic N) is 2. The summed E-state index contributed by atoms with van der Waals surface area (Å²) in [5, 5.41) is 6.99. The summed E-state index contributed by atoms with van der Waals surface area (Å²) in [7, 11) is 0. The van der Waals surface area contributed by atoms with Crippen molar-refractivity contribution in [2.75, 3.05) is 16.8 Å². The molecule has 182 valence electrons. The van der Waals surface area contributed by atoms with Crippen molar-refractivity contribution in [2.45, 2.75) is 25.9 Å². The molecule has 1 amide bonds. The Morgan fingerprint density at radius 2 is 1.81 bits per heavy atom. The van der Waals surface area contributed by atoms with Gasteiger partial charge in [-0.25, -0.2) is 0 Å². The van der Waals surface area contributed by atoms with Crippen LogP contribution in [0.2, 0.25) is 0 Å². The third-order valence-electron chi connectivity index (χ3n) is 6.15. The fourth-order valence-corrected chi connectivity index (χ4v) is 4.92. The highest BCUT2D eigenvalue weighted by molar-refractivity contribution is 7.80. The molecular formula is C28H27N5O2S. The molecule has 0 bridgehead atoms. The van der Waals surface area contributed by atoms with Gasteiger partial charge < -0.3 is 25.3 Å². The lowest BCUT2D eigenvalue weighted by atomic mass is 9.96. The monoisotopic (exact) mass is 497 g/mol. The van der Waals surface area contributed by atoms with E-state index >= 15 is 0 Å². The molecule has 0 saturated carbocycles. The van der Waals surface area contributed by atoms with Crippen LogP contribution in [0, 0.1) is 13.8 Å². The lowest BCUT2D eigenvalue weighted by molar-refractivity contribution is -0.118. The molecule has 8 heteroatoms.